The number of hydrogen-bond acceptors (Lipinski definition) is 5. The molecule has 0 radical (unpaired) electrons. The number of furan rings is 1. The topological polar surface area (TPSA) is 49.6 Å². The number of carbonyl (C=O) groups excluding carboxylic acids is 1. The summed E-state index contributed by atoms with van der Waals surface area (Å²) in [4.78, 5) is 21.7. The third-order valence-corrected chi connectivity index (χ3v) is 5.62. The highest BCUT2D eigenvalue weighted by atomic mass is 35.5. The van der Waals surface area contributed by atoms with Gasteiger partial charge in [0.25, 0.3) is 5.91 Å². The number of amides is 1. The Labute approximate surface area is 174 Å². The third kappa shape index (κ3) is 4.82. The van der Waals surface area contributed by atoms with E-state index < -0.39 is 0 Å². The monoisotopic (exact) mass is 427 g/mol. The number of likely N-dealkylation sites (N-methyl/N-ethyl adjacent to an activating group) is 1. The summed E-state index contributed by atoms with van der Waals surface area (Å²) in [6, 6.07) is 7.19. The molecule has 0 fully saturated rings. The number of anilines is 1. The molecule has 0 saturated heterocycles. The van der Waals surface area contributed by atoms with Crippen molar-refractivity contribution >= 4 is 56.6 Å². The Morgan fingerprint density at radius 3 is 2.63 bits per heavy atom. The largest absolute Gasteiger partial charge is 0.459 e. The third-order valence-electron chi connectivity index (χ3n) is 4.38. The molecule has 0 spiro atoms. The fourth-order valence-corrected chi connectivity index (χ4v) is 4.30. The Morgan fingerprint density at radius 1 is 1.26 bits per heavy atom. The van der Waals surface area contributed by atoms with Crippen LogP contribution in [-0.4, -0.2) is 42.0 Å². The van der Waals surface area contributed by atoms with Crippen molar-refractivity contribution in [3.63, 3.8) is 0 Å². The number of fused-ring (bicyclic) bond motifs is 1. The first-order valence-electron chi connectivity index (χ1n) is 8.67. The minimum Gasteiger partial charge on any atom is -0.459 e. The molecule has 3 aromatic rings. The average Bonchev–Trinajstić information content (AvgIpc) is 3.28. The van der Waals surface area contributed by atoms with E-state index in [1.54, 1.807) is 17.0 Å². The summed E-state index contributed by atoms with van der Waals surface area (Å²) in [5.41, 5.74) is 1.89. The molecule has 2 aromatic heterocycles. The second-order valence-electron chi connectivity index (χ2n) is 6.03. The molecular weight excluding hydrogens is 405 g/mol. The van der Waals surface area contributed by atoms with E-state index in [1.165, 1.54) is 17.6 Å². The molecule has 8 heteroatoms. The van der Waals surface area contributed by atoms with Gasteiger partial charge in [-0.1, -0.05) is 36.8 Å². The summed E-state index contributed by atoms with van der Waals surface area (Å²) in [7, 11) is 0. The predicted octanol–water partition coefficient (Wildman–Crippen LogP) is 5.26. The van der Waals surface area contributed by atoms with Crippen LogP contribution >= 0.6 is 35.3 Å². The van der Waals surface area contributed by atoms with Crippen molar-refractivity contribution in [2.45, 2.75) is 20.8 Å². The average molecular weight is 428 g/mol. The maximum absolute atomic E-state index is 13.0. The fraction of sp³-hybridized carbons (Fsp3) is 0.368. The summed E-state index contributed by atoms with van der Waals surface area (Å²) in [6.45, 7) is 9.41. The molecule has 0 unspecified atom stereocenters. The molecule has 1 aromatic carbocycles. The molecule has 146 valence electrons. The van der Waals surface area contributed by atoms with Crippen molar-refractivity contribution < 1.29 is 9.21 Å². The number of thiazole rings is 1. The van der Waals surface area contributed by atoms with Crippen molar-refractivity contribution in [2.75, 3.05) is 31.1 Å². The summed E-state index contributed by atoms with van der Waals surface area (Å²) >= 11 is 7.65. The Hall–Kier alpha value is -1.60. The number of benzene rings is 1. The molecule has 0 aliphatic carbocycles. The molecule has 0 saturated carbocycles. The molecule has 5 nitrogen and oxygen atoms in total. The van der Waals surface area contributed by atoms with Crippen LogP contribution in [0.25, 0.3) is 10.2 Å². The van der Waals surface area contributed by atoms with E-state index >= 15 is 0 Å². The van der Waals surface area contributed by atoms with Gasteiger partial charge in [-0.15, -0.1) is 12.4 Å². The molecule has 0 atom stereocenters. The van der Waals surface area contributed by atoms with Crippen LogP contribution in [0.1, 0.15) is 30.0 Å². The van der Waals surface area contributed by atoms with E-state index in [4.69, 9.17) is 21.0 Å². The van der Waals surface area contributed by atoms with Crippen LogP contribution in [0.2, 0.25) is 5.02 Å². The first-order chi connectivity index (χ1) is 12.5. The Morgan fingerprint density at radius 2 is 2.00 bits per heavy atom. The van der Waals surface area contributed by atoms with Gasteiger partial charge in [-0.05, 0) is 49.8 Å². The standard InChI is InChI=1S/C19H22ClN3O2S.ClH/c1-4-22(5-2)8-9-23(18(24)15-7-6-10-25-15)19-21-17-13(3)11-14(20)12-16(17)26-19;/h6-7,10-12H,4-5,8-9H2,1-3H3;1H. The molecular formula is C19H23Cl2N3O2S. The quantitative estimate of drug-likeness (QED) is 0.515. The van der Waals surface area contributed by atoms with Gasteiger partial charge in [-0.3, -0.25) is 9.69 Å². The van der Waals surface area contributed by atoms with E-state index in [-0.39, 0.29) is 18.3 Å². The normalized spacial score (nSPS) is 11.0. The molecule has 0 bridgehead atoms. The number of halogens is 2. The van der Waals surface area contributed by atoms with E-state index in [0.717, 1.165) is 35.4 Å². The van der Waals surface area contributed by atoms with Crippen LogP contribution in [0.4, 0.5) is 5.13 Å². The highest BCUT2D eigenvalue weighted by Crippen LogP contribution is 2.33. The summed E-state index contributed by atoms with van der Waals surface area (Å²) in [6.07, 6.45) is 1.51. The summed E-state index contributed by atoms with van der Waals surface area (Å²) in [5.74, 6) is 0.142. The van der Waals surface area contributed by atoms with Crippen LogP contribution in [-0.2, 0) is 0 Å². The molecule has 1 amide bonds. The molecule has 27 heavy (non-hydrogen) atoms. The van der Waals surface area contributed by atoms with Crippen LogP contribution in [0, 0.1) is 6.92 Å². The Kier molecular flexibility index (Phi) is 7.68. The van der Waals surface area contributed by atoms with Gasteiger partial charge in [0.1, 0.15) is 0 Å². The zero-order valence-corrected chi connectivity index (χ0v) is 18.0. The van der Waals surface area contributed by atoms with Gasteiger partial charge in [-0.25, -0.2) is 4.98 Å². The number of aryl methyl sites for hydroxylation is 1. The zero-order chi connectivity index (χ0) is 18.7. The van der Waals surface area contributed by atoms with E-state index in [2.05, 4.69) is 18.7 Å². The van der Waals surface area contributed by atoms with Crippen LogP contribution in [0.3, 0.4) is 0 Å². The van der Waals surface area contributed by atoms with Gasteiger partial charge in [-0.2, -0.15) is 0 Å². The van der Waals surface area contributed by atoms with Crippen LogP contribution in [0.5, 0.6) is 0 Å². The highest BCUT2D eigenvalue weighted by Gasteiger charge is 2.24. The fourth-order valence-electron chi connectivity index (χ4n) is 2.86. The van der Waals surface area contributed by atoms with Crippen LogP contribution < -0.4 is 4.90 Å². The number of carbonyl (C=O) groups is 1. The highest BCUT2D eigenvalue weighted by molar-refractivity contribution is 7.22. The second-order valence-corrected chi connectivity index (χ2v) is 7.47. The summed E-state index contributed by atoms with van der Waals surface area (Å²) < 4.78 is 6.30. The van der Waals surface area contributed by atoms with Crippen molar-refractivity contribution in [2.24, 2.45) is 0 Å². The maximum Gasteiger partial charge on any atom is 0.295 e. The van der Waals surface area contributed by atoms with Crippen molar-refractivity contribution in [3.05, 3.63) is 46.9 Å². The molecule has 2 heterocycles. The second kappa shape index (κ2) is 9.55. The lowest BCUT2D eigenvalue weighted by molar-refractivity contribution is 0.0957. The molecule has 3 rings (SSSR count). The van der Waals surface area contributed by atoms with Crippen molar-refractivity contribution in [3.8, 4) is 0 Å². The molecule has 0 N–H and O–H groups in total. The molecule has 0 aliphatic heterocycles. The Balaban J connectivity index is 0.00000261. The van der Waals surface area contributed by atoms with Gasteiger partial charge in [0.2, 0.25) is 0 Å². The van der Waals surface area contributed by atoms with Gasteiger partial charge < -0.3 is 9.32 Å². The van der Waals surface area contributed by atoms with E-state index in [0.29, 0.717) is 22.5 Å². The lowest BCUT2D eigenvalue weighted by Gasteiger charge is -2.24. The molecule has 0 aliphatic rings. The number of aromatic nitrogens is 1. The van der Waals surface area contributed by atoms with Gasteiger partial charge in [0.05, 0.1) is 16.5 Å². The van der Waals surface area contributed by atoms with Gasteiger partial charge >= 0.3 is 0 Å². The predicted molar refractivity (Wildman–Crippen MR) is 115 cm³/mol. The van der Waals surface area contributed by atoms with Gasteiger partial charge in [0, 0.05) is 18.1 Å². The lowest BCUT2D eigenvalue weighted by atomic mass is 10.2. The van der Waals surface area contributed by atoms with Crippen LogP contribution in [0.15, 0.2) is 34.9 Å². The maximum atomic E-state index is 13.0. The first-order valence-corrected chi connectivity index (χ1v) is 9.87. The first kappa shape index (κ1) is 21.7. The zero-order valence-electron chi connectivity index (χ0n) is 15.6. The van der Waals surface area contributed by atoms with E-state index in [1.807, 2.05) is 19.1 Å². The van der Waals surface area contributed by atoms with Crippen molar-refractivity contribution in [1.29, 1.82) is 0 Å². The summed E-state index contributed by atoms with van der Waals surface area (Å²) in [5, 5.41) is 1.34. The minimum absolute atomic E-state index is 0. The smallest absolute Gasteiger partial charge is 0.295 e. The van der Waals surface area contributed by atoms with Crippen molar-refractivity contribution in [1.82, 2.24) is 9.88 Å². The Bertz CT molecular complexity index is 892. The number of hydrogen-bond donors (Lipinski definition) is 0. The number of nitrogens with zero attached hydrogens (tertiary/aromatic N) is 3. The SMILES string of the molecule is CCN(CC)CCN(C(=O)c1ccco1)c1nc2c(C)cc(Cl)cc2s1.Cl. The van der Waals surface area contributed by atoms with E-state index in [9.17, 15) is 4.79 Å². The number of rotatable bonds is 7. The lowest BCUT2D eigenvalue weighted by Crippen LogP contribution is -2.38. The van der Waals surface area contributed by atoms with Gasteiger partial charge in [0.15, 0.2) is 10.9 Å². The minimum atomic E-state index is -0.176.